The Morgan fingerprint density at radius 2 is 2.07 bits per heavy atom. The van der Waals surface area contributed by atoms with Crippen molar-refractivity contribution in [2.45, 2.75) is 20.4 Å². The highest BCUT2D eigenvalue weighted by atomic mass is 35.5. The summed E-state index contributed by atoms with van der Waals surface area (Å²) >= 11 is 7.06. The third kappa shape index (κ3) is 3.76. The van der Waals surface area contributed by atoms with Gasteiger partial charge in [-0.15, -0.1) is 11.3 Å². The van der Waals surface area contributed by atoms with Crippen LogP contribution in [0.25, 0.3) is 21.5 Å². The molecule has 154 valence electrons. The second-order valence-corrected chi connectivity index (χ2v) is 8.33. The van der Waals surface area contributed by atoms with E-state index in [0.717, 1.165) is 28.0 Å². The SMILES string of the molecule is Cc1ccc(F)c2c1cc(C)n2CCNc1cc(-c2cc(Cl)c(C(=O)O)s2)ncn1. The molecule has 0 saturated heterocycles. The number of nitrogens with zero attached hydrogens (tertiary/aromatic N) is 3. The first kappa shape index (κ1) is 20.3. The van der Waals surface area contributed by atoms with E-state index < -0.39 is 5.97 Å². The second-order valence-electron chi connectivity index (χ2n) is 6.87. The van der Waals surface area contributed by atoms with Gasteiger partial charge in [0, 0.05) is 30.2 Å². The van der Waals surface area contributed by atoms with E-state index in [4.69, 9.17) is 11.6 Å². The molecule has 30 heavy (non-hydrogen) atoms. The maximum atomic E-state index is 14.4. The lowest BCUT2D eigenvalue weighted by molar-refractivity contribution is 0.0702. The normalized spacial score (nSPS) is 11.2. The summed E-state index contributed by atoms with van der Waals surface area (Å²) in [6.07, 6.45) is 1.41. The summed E-state index contributed by atoms with van der Waals surface area (Å²) in [7, 11) is 0. The van der Waals surface area contributed by atoms with Gasteiger partial charge in [-0.3, -0.25) is 0 Å². The number of halogens is 2. The van der Waals surface area contributed by atoms with Crippen molar-refractivity contribution in [3.63, 3.8) is 0 Å². The largest absolute Gasteiger partial charge is 0.477 e. The van der Waals surface area contributed by atoms with Crippen molar-refractivity contribution in [2.24, 2.45) is 0 Å². The Balaban J connectivity index is 1.52. The molecule has 6 nitrogen and oxygen atoms in total. The number of anilines is 1. The number of carbonyl (C=O) groups is 1. The summed E-state index contributed by atoms with van der Waals surface area (Å²) in [6.45, 7) is 5.02. The fourth-order valence-electron chi connectivity index (χ4n) is 3.42. The van der Waals surface area contributed by atoms with Gasteiger partial charge >= 0.3 is 5.97 Å². The third-order valence-electron chi connectivity index (χ3n) is 4.88. The number of thiophene rings is 1. The van der Waals surface area contributed by atoms with Crippen LogP contribution in [-0.2, 0) is 6.54 Å². The predicted molar refractivity (Wildman–Crippen MR) is 117 cm³/mol. The minimum absolute atomic E-state index is 0.0760. The number of aromatic nitrogens is 3. The van der Waals surface area contributed by atoms with Crippen molar-refractivity contribution in [3.8, 4) is 10.6 Å². The summed E-state index contributed by atoms with van der Waals surface area (Å²) in [5.41, 5.74) is 3.21. The first-order chi connectivity index (χ1) is 14.3. The average Bonchev–Trinajstić information content (AvgIpc) is 3.26. The Morgan fingerprint density at radius 1 is 1.27 bits per heavy atom. The second kappa shape index (κ2) is 8.04. The number of nitrogens with one attached hydrogen (secondary N) is 1. The van der Waals surface area contributed by atoms with Gasteiger partial charge in [0.1, 0.15) is 22.8 Å². The Morgan fingerprint density at radius 3 is 2.80 bits per heavy atom. The highest BCUT2D eigenvalue weighted by Crippen LogP contribution is 2.34. The van der Waals surface area contributed by atoms with Crippen LogP contribution in [0.1, 0.15) is 20.9 Å². The van der Waals surface area contributed by atoms with E-state index in [1.807, 2.05) is 24.5 Å². The molecule has 9 heteroatoms. The van der Waals surface area contributed by atoms with Gasteiger partial charge in [0.25, 0.3) is 0 Å². The van der Waals surface area contributed by atoms with Crippen LogP contribution in [-0.4, -0.2) is 32.2 Å². The van der Waals surface area contributed by atoms with Crippen molar-refractivity contribution in [2.75, 3.05) is 11.9 Å². The lowest BCUT2D eigenvalue weighted by atomic mass is 10.1. The first-order valence-corrected chi connectivity index (χ1v) is 10.4. The monoisotopic (exact) mass is 444 g/mol. The highest BCUT2D eigenvalue weighted by Gasteiger charge is 2.16. The van der Waals surface area contributed by atoms with Crippen LogP contribution >= 0.6 is 22.9 Å². The summed E-state index contributed by atoms with van der Waals surface area (Å²) in [6, 6.07) is 8.60. The Bertz CT molecular complexity index is 1270. The predicted octanol–water partition coefficient (Wildman–Crippen LogP) is 5.38. The summed E-state index contributed by atoms with van der Waals surface area (Å²) in [4.78, 5) is 20.4. The molecule has 0 aliphatic rings. The topological polar surface area (TPSA) is 80.0 Å². The molecule has 0 aliphatic carbocycles. The van der Waals surface area contributed by atoms with Crippen LogP contribution < -0.4 is 5.32 Å². The van der Waals surface area contributed by atoms with Crippen LogP contribution in [0.3, 0.4) is 0 Å². The van der Waals surface area contributed by atoms with Gasteiger partial charge in [0.2, 0.25) is 0 Å². The number of carboxylic acid groups (broad SMARTS) is 1. The minimum atomic E-state index is -1.07. The summed E-state index contributed by atoms with van der Waals surface area (Å²) < 4.78 is 16.4. The van der Waals surface area contributed by atoms with E-state index >= 15 is 0 Å². The summed E-state index contributed by atoms with van der Waals surface area (Å²) in [5.74, 6) is -0.718. The number of rotatable bonds is 6. The fraction of sp³-hybridized carbons (Fsp3) is 0.190. The van der Waals surface area contributed by atoms with Crippen molar-refractivity contribution < 1.29 is 14.3 Å². The molecule has 0 unspecified atom stereocenters. The van der Waals surface area contributed by atoms with Gasteiger partial charge in [-0.05, 0) is 37.6 Å². The van der Waals surface area contributed by atoms with Gasteiger partial charge in [-0.1, -0.05) is 17.7 Å². The Kier molecular flexibility index (Phi) is 5.44. The number of carboxylic acids is 1. The minimum Gasteiger partial charge on any atom is -0.477 e. The molecule has 0 fully saturated rings. The zero-order valence-electron chi connectivity index (χ0n) is 16.2. The van der Waals surface area contributed by atoms with E-state index in [1.54, 1.807) is 18.2 Å². The number of hydrogen-bond acceptors (Lipinski definition) is 5. The van der Waals surface area contributed by atoms with Crippen LogP contribution in [0, 0.1) is 19.7 Å². The number of aryl methyl sites for hydroxylation is 2. The molecular formula is C21H18ClFN4O2S. The van der Waals surface area contributed by atoms with Gasteiger partial charge in [0.15, 0.2) is 0 Å². The maximum absolute atomic E-state index is 14.4. The molecule has 0 radical (unpaired) electrons. The Hall–Kier alpha value is -2.97. The van der Waals surface area contributed by atoms with Gasteiger partial charge in [-0.25, -0.2) is 19.2 Å². The van der Waals surface area contributed by atoms with Crippen LogP contribution in [0.5, 0.6) is 0 Å². The molecule has 2 N–H and O–H groups in total. The zero-order valence-corrected chi connectivity index (χ0v) is 17.8. The molecule has 0 atom stereocenters. The van der Waals surface area contributed by atoms with E-state index in [1.165, 1.54) is 12.4 Å². The van der Waals surface area contributed by atoms with Gasteiger partial charge < -0.3 is 15.0 Å². The zero-order chi connectivity index (χ0) is 21.4. The number of hydrogen-bond donors (Lipinski definition) is 2. The smallest absolute Gasteiger partial charge is 0.347 e. The number of aromatic carboxylic acids is 1. The Labute approximate surface area is 181 Å². The molecule has 0 bridgehead atoms. The van der Waals surface area contributed by atoms with Crippen molar-refractivity contribution in [1.29, 1.82) is 0 Å². The van der Waals surface area contributed by atoms with E-state index in [-0.39, 0.29) is 15.7 Å². The average molecular weight is 445 g/mol. The molecule has 1 aromatic carbocycles. The maximum Gasteiger partial charge on any atom is 0.347 e. The van der Waals surface area contributed by atoms with Crippen molar-refractivity contribution in [3.05, 3.63) is 63.6 Å². The quantitative estimate of drug-likeness (QED) is 0.417. The summed E-state index contributed by atoms with van der Waals surface area (Å²) in [5, 5.41) is 13.5. The first-order valence-electron chi connectivity index (χ1n) is 9.19. The van der Waals surface area contributed by atoms with Crippen LogP contribution in [0.4, 0.5) is 10.2 Å². The molecule has 0 spiro atoms. The standard InChI is InChI=1S/C21H18ClFN4O2S/c1-11-3-4-15(23)19-13(11)7-12(2)27(19)6-5-24-18-9-16(25-10-26-18)17-8-14(22)20(30-17)21(28)29/h3-4,7-10H,5-6H2,1-2H3,(H,28,29)(H,24,25,26). The highest BCUT2D eigenvalue weighted by molar-refractivity contribution is 7.17. The fourth-order valence-corrected chi connectivity index (χ4v) is 4.64. The van der Waals surface area contributed by atoms with E-state index in [9.17, 15) is 14.3 Å². The molecule has 0 saturated carbocycles. The van der Waals surface area contributed by atoms with E-state index in [2.05, 4.69) is 15.3 Å². The van der Waals surface area contributed by atoms with E-state index in [0.29, 0.717) is 35.0 Å². The lowest BCUT2D eigenvalue weighted by Gasteiger charge is -2.11. The molecule has 4 rings (SSSR count). The van der Waals surface area contributed by atoms with Gasteiger partial charge in [0.05, 0.1) is 21.1 Å². The molecule has 3 heterocycles. The molecular weight excluding hydrogens is 427 g/mol. The van der Waals surface area contributed by atoms with Crippen LogP contribution in [0.15, 0.2) is 36.7 Å². The molecule has 0 amide bonds. The van der Waals surface area contributed by atoms with Crippen molar-refractivity contribution >= 4 is 45.6 Å². The number of benzene rings is 1. The molecule has 3 aromatic heterocycles. The number of fused-ring (bicyclic) bond motifs is 1. The van der Waals surface area contributed by atoms with Gasteiger partial charge in [-0.2, -0.15) is 0 Å². The van der Waals surface area contributed by atoms with Crippen molar-refractivity contribution in [1.82, 2.24) is 14.5 Å². The third-order valence-corrected chi connectivity index (χ3v) is 6.43. The van der Waals surface area contributed by atoms with Crippen LogP contribution in [0.2, 0.25) is 5.02 Å². The molecule has 0 aliphatic heterocycles. The molecule has 4 aromatic rings. The lowest BCUT2D eigenvalue weighted by Crippen LogP contribution is -2.12.